The normalized spacial score (nSPS) is 17.9. The van der Waals surface area contributed by atoms with Gasteiger partial charge in [-0.1, -0.05) is 114 Å². The van der Waals surface area contributed by atoms with Crippen molar-refractivity contribution >= 4 is 108 Å². The number of anilines is 4. The van der Waals surface area contributed by atoms with Crippen molar-refractivity contribution in [2.24, 2.45) is 0 Å². The number of carbonyl (C=O) groups excluding carboxylic acids is 3. The molecule has 32 heteroatoms. The molecule has 18 rings (SSSR count). The zero-order chi connectivity index (χ0) is 93.3. The number of carbonyl (C=O) groups is 3. The van der Waals surface area contributed by atoms with Gasteiger partial charge in [0, 0.05) is 122 Å². The van der Waals surface area contributed by atoms with E-state index in [1.54, 1.807) is 63.0 Å². The average Bonchev–Trinajstić information content (AvgIpc) is 1.43. The van der Waals surface area contributed by atoms with E-state index in [-0.39, 0.29) is 178 Å². The third kappa shape index (κ3) is 15.0. The second-order valence-corrected chi connectivity index (χ2v) is 35.9. The number of aryl methyl sites for hydroxylation is 3. The molecule has 6 unspecified atom stereocenters. The fourth-order valence-corrected chi connectivity index (χ4v) is 20.2. The quantitative estimate of drug-likeness (QED) is 0.0654. The number of benzene rings is 5. The molecule has 3 fully saturated rings. The van der Waals surface area contributed by atoms with E-state index in [9.17, 15) is 44.1 Å². The minimum Gasteiger partial charge on any atom is -0.507 e. The van der Waals surface area contributed by atoms with Gasteiger partial charge in [-0.25, -0.2) is 26.9 Å². The molecule has 0 radical (unpaired) electrons. The Morgan fingerprint density at radius 3 is 1.44 bits per heavy atom. The van der Waals surface area contributed by atoms with Gasteiger partial charge in [0.25, 0.3) is 16.7 Å². The minimum atomic E-state index is -1.07. The lowest BCUT2D eigenvalue weighted by Crippen LogP contribution is -2.62. The summed E-state index contributed by atoms with van der Waals surface area (Å²) in [5.74, 6) is -6.80. The van der Waals surface area contributed by atoms with Crippen molar-refractivity contribution in [3.63, 3.8) is 0 Å². The molecule has 13 heterocycles. The first-order valence-electron chi connectivity index (χ1n) is 42.7. The van der Waals surface area contributed by atoms with Gasteiger partial charge in [0.1, 0.15) is 52.6 Å². The number of nitrogens with one attached hydrogen (secondary N) is 1. The van der Waals surface area contributed by atoms with Crippen LogP contribution in [0.3, 0.4) is 0 Å². The van der Waals surface area contributed by atoms with Gasteiger partial charge in [-0.2, -0.15) is 0 Å². The van der Waals surface area contributed by atoms with Gasteiger partial charge in [-0.15, -0.1) is 0 Å². The van der Waals surface area contributed by atoms with E-state index in [1.807, 2.05) is 92.0 Å². The fraction of sp³-hybridized carbons (Fsp3) is 0.306. The number of hydrogen-bond donors (Lipinski definition) is 4. The van der Waals surface area contributed by atoms with Crippen molar-refractivity contribution in [3.05, 3.63) is 262 Å². The van der Waals surface area contributed by atoms with Gasteiger partial charge in [-0.05, 0) is 167 Å². The van der Waals surface area contributed by atoms with E-state index in [1.165, 1.54) is 88.0 Å². The van der Waals surface area contributed by atoms with Gasteiger partial charge in [0.15, 0.2) is 11.6 Å². The number of ether oxygens (including phenoxy) is 1. The third-order valence-electron chi connectivity index (χ3n) is 25.3. The number of aromatic nitrogens is 7. The largest absolute Gasteiger partial charge is 0.507 e. The van der Waals surface area contributed by atoms with Crippen LogP contribution in [0.4, 0.5) is 44.7 Å². The van der Waals surface area contributed by atoms with Gasteiger partial charge in [0.2, 0.25) is 23.5 Å². The molecule has 3 amide bonds. The van der Waals surface area contributed by atoms with E-state index in [0.29, 0.717) is 102 Å². The molecule has 6 atom stereocenters. The summed E-state index contributed by atoms with van der Waals surface area (Å²) in [6.45, 7) is 36.4. The van der Waals surface area contributed by atoms with Crippen LogP contribution in [0.5, 0.6) is 23.0 Å². The van der Waals surface area contributed by atoms with Crippen molar-refractivity contribution in [2.45, 2.75) is 144 Å². The van der Waals surface area contributed by atoms with E-state index in [0.717, 1.165) is 23.0 Å². The topological polar surface area (TPSA) is 270 Å². The van der Waals surface area contributed by atoms with Crippen molar-refractivity contribution in [1.29, 1.82) is 0 Å². The average molecular weight is 1830 g/mol. The van der Waals surface area contributed by atoms with Crippen molar-refractivity contribution in [1.82, 2.24) is 48.3 Å². The van der Waals surface area contributed by atoms with Crippen LogP contribution in [-0.4, -0.2) is 170 Å². The van der Waals surface area contributed by atoms with E-state index >= 15 is 22.0 Å². The maximum Gasteiger partial charge on any atom is 0.300 e. The van der Waals surface area contributed by atoms with E-state index < -0.39 is 62.8 Å². The number of phenolic OH excluding ortho intramolecular Hbond substituents is 3. The predicted octanol–water partition coefficient (Wildman–Crippen LogP) is 17.8. The van der Waals surface area contributed by atoms with E-state index in [2.05, 4.69) is 44.9 Å². The Bertz CT molecular complexity index is 6670. The first-order valence-corrected chi connectivity index (χ1v) is 43.8. The highest BCUT2D eigenvalue weighted by Gasteiger charge is 2.47. The fourth-order valence-electron chi connectivity index (χ4n) is 19.4. The Morgan fingerprint density at radius 1 is 0.492 bits per heavy atom. The number of rotatable bonds is 12. The lowest BCUT2D eigenvalue weighted by molar-refractivity contribution is -0.129. The minimum absolute atomic E-state index is 0.0117. The molecule has 6 aliphatic rings. The maximum absolute atomic E-state index is 17.2. The highest BCUT2D eigenvalue weighted by Crippen LogP contribution is 2.52. The molecule has 0 bridgehead atoms. The number of halogens is 8. The molecule has 12 aromatic rings. The second-order valence-electron chi connectivity index (χ2n) is 34.6. The molecule has 7 aromatic heterocycles. The first kappa shape index (κ1) is 90.2. The maximum atomic E-state index is 17.2. The first-order chi connectivity index (χ1) is 61.9. The predicted molar refractivity (Wildman–Crippen MR) is 498 cm³/mol. The number of piperazine rings is 3. The summed E-state index contributed by atoms with van der Waals surface area (Å²) >= 11 is 19.6. The Morgan fingerprint density at radius 2 is 0.954 bits per heavy atom. The number of phenols is 3. The molecule has 24 nitrogen and oxygen atoms in total. The van der Waals surface area contributed by atoms with Crippen LogP contribution in [-0.2, 0) is 20.8 Å². The molecule has 0 aliphatic carbocycles. The molecule has 672 valence electrons. The standard InChI is InChI=1S/C33H32ClF2N5O3.C33H31ClF2N4O4.C32H31ClFN5O3/c1-6-24(43)39-15-19-13-38-29-32(40(19)14-18(39)5)20-12-22(35)26(25-21(34)8-7-9-23(25)42)27(36)31(20)41(33(29)44)30-17(4)10-11-37-28(30)16(2)3;1-6-24(42)38-14-19-15-44-32-31(39(19)13-18(38)5)20-12-22(35)26(25-21(34)8-7-9-23(25)41)27(36)30(20)40(33(32)43)29-17(4)10-11-37-28(29)16(2)3;1-6-25(41)37-14-18(5)38-19(15-37)12-21-30(38)20-13-22(33)28(26-23(34)8-7-9-24(26)40)36-31(20)39(32(21)42)29-17(4)10-11-35-27(29)16(2)3/h6-12,16,18-19,38,42H,1,13-15H2,2-5H3;6-12,16,18-19,41H,1,13-15H2,2-5H3;6-11,13,16,18-19,40H,1,12,14-15H2,2-5H3. The zero-order valence-electron chi connectivity index (χ0n) is 73.3. The van der Waals surface area contributed by atoms with Crippen LogP contribution in [0.15, 0.2) is 162 Å². The summed E-state index contributed by atoms with van der Waals surface area (Å²) in [4.78, 5) is 111. The highest BCUT2D eigenvalue weighted by molar-refractivity contribution is 6.35. The highest BCUT2D eigenvalue weighted by atomic mass is 35.5. The van der Waals surface area contributed by atoms with Gasteiger partial charge >= 0.3 is 0 Å². The smallest absolute Gasteiger partial charge is 0.300 e. The molecular formula is C98H94Cl3F5N14O10. The number of aromatic hydroxyl groups is 3. The molecule has 6 aliphatic heterocycles. The lowest BCUT2D eigenvalue weighted by atomic mass is 9.95. The molecule has 130 heavy (non-hydrogen) atoms. The summed E-state index contributed by atoms with van der Waals surface area (Å²) < 4.78 is 92.0. The molecule has 0 spiro atoms. The van der Waals surface area contributed by atoms with Crippen LogP contribution in [0.1, 0.15) is 119 Å². The summed E-state index contributed by atoms with van der Waals surface area (Å²) in [7, 11) is 0. The van der Waals surface area contributed by atoms with Crippen molar-refractivity contribution in [3.8, 4) is 73.6 Å². The number of fused-ring (bicyclic) bond motifs is 15. The Balaban J connectivity index is 0.000000143. The Labute approximate surface area is 760 Å². The summed E-state index contributed by atoms with van der Waals surface area (Å²) in [6.07, 6.45) is 9.23. The van der Waals surface area contributed by atoms with E-state index in [4.69, 9.17) is 44.5 Å². The molecule has 3 saturated heterocycles. The Kier molecular flexibility index (Phi) is 24.3. The summed E-state index contributed by atoms with van der Waals surface area (Å²) in [6, 6.07) is 20.3. The summed E-state index contributed by atoms with van der Waals surface area (Å²) in [5, 5.41) is 36.1. The van der Waals surface area contributed by atoms with Crippen LogP contribution in [0.25, 0.3) is 83.4 Å². The van der Waals surface area contributed by atoms with Crippen molar-refractivity contribution < 1.29 is 56.4 Å². The van der Waals surface area contributed by atoms with Crippen LogP contribution < -0.4 is 41.4 Å². The number of nitrogens with zero attached hydrogens (tertiary/aromatic N) is 13. The Hall–Kier alpha value is -13.1. The van der Waals surface area contributed by atoms with Gasteiger partial charge in [0.05, 0.1) is 118 Å². The number of pyridine rings is 7. The molecule has 5 aromatic carbocycles. The van der Waals surface area contributed by atoms with Gasteiger partial charge in [-0.3, -0.25) is 57.4 Å². The van der Waals surface area contributed by atoms with Gasteiger partial charge < -0.3 is 54.8 Å². The van der Waals surface area contributed by atoms with Crippen molar-refractivity contribution in [2.75, 3.05) is 72.4 Å². The van der Waals surface area contributed by atoms with Crippen LogP contribution in [0.2, 0.25) is 15.1 Å². The third-order valence-corrected chi connectivity index (χ3v) is 26.3. The SMILES string of the molecule is C=CC(=O)N1CC(C)N2c3c(c(=O)n(-c4c(C)ccnc4C(C)C)c4nc(-c5c(O)cccc5F)c(Cl)cc34)CC2C1.C=CC(=O)N1CC2CNc3c(c4cc(F)c(-c5c(O)cccc5Cl)c(F)c4n(-c4c(C)ccnc4C(C)C)c3=O)N2CC1C.C=CC(=O)N1CC2COc3c(c4cc(F)c(-c5c(O)cccc5Cl)c(F)c4n(-c4c(C)ccnc4C(C)C)c3=O)N2CC1C. The number of amides is 3. The second kappa shape index (κ2) is 35.1. The molecule has 0 saturated carbocycles. The monoisotopic (exact) mass is 1830 g/mol. The lowest BCUT2D eigenvalue weighted by Gasteiger charge is -2.49. The molecule has 4 N–H and O–H groups in total. The van der Waals surface area contributed by atoms with Crippen LogP contribution in [0, 0.1) is 49.9 Å². The van der Waals surface area contributed by atoms with Crippen LogP contribution >= 0.6 is 34.8 Å². The molecular weight excluding hydrogens is 1730 g/mol. The summed E-state index contributed by atoms with van der Waals surface area (Å²) in [5.41, 5.74) is 4.34. The zero-order valence-corrected chi connectivity index (χ0v) is 75.6. The number of hydrogen-bond acceptors (Lipinski definition) is 18.